The summed E-state index contributed by atoms with van der Waals surface area (Å²) in [6, 6.07) is 0. The summed E-state index contributed by atoms with van der Waals surface area (Å²) < 4.78 is 2.36. The van der Waals surface area contributed by atoms with Crippen molar-refractivity contribution in [2.45, 2.75) is 32.3 Å². The Balaban J connectivity index is 2.36. The van der Waals surface area contributed by atoms with Crippen molar-refractivity contribution in [2.75, 3.05) is 19.3 Å². The number of piperidine rings is 1. The molecule has 0 aromatic carbocycles. The fourth-order valence-electron chi connectivity index (χ4n) is 1.74. The van der Waals surface area contributed by atoms with E-state index in [0.717, 1.165) is 25.9 Å². The molecule has 1 aliphatic rings. The predicted molar refractivity (Wildman–Crippen MR) is 54.1 cm³/mol. The molecule has 0 aromatic rings. The molecule has 0 amide bonds. The van der Waals surface area contributed by atoms with Crippen molar-refractivity contribution in [1.29, 1.82) is 0 Å². The molecule has 0 atom stereocenters. The van der Waals surface area contributed by atoms with Crippen molar-refractivity contribution >= 4 is 11.9 Å². The van der Waals surface area contributed by atoms with Gasteiger partial charge < -0.3 is 5.11 Å². The summed E-state index contributed by atoms with van der Waals surface area (Å²) >= 11 is 1.81. The van der Waals surface area contributed by atoms with Gasteiger partial charge in [0.2, 0.25) is 0 Å². The molecule has 0 bridgehead atoms. The molecule has 72 valence electrons. The van der Waals surface area contributed by atoms with E-state index in [9.17, 15) is 5.11 Å². The lowest BCUT2D eigenvalue weighted by Gasteiger charge is -2.36. The van der Waals surface area contributed by atoms with Crippen LogP contribution < -0.4 is 0 Å². The second-order valence-corrected chi connectivity index (χ2v) is 4.92. The monoisotopic (exact) mass is 189 g/mol. The highest BCUT2D eigenvalue weighted by Gasteiger charge is 2.30. The average molecular weight is 189 g/mol. The Morgan fingerprint density at radius 3 is 2.17 bits per heavy atom. The summed E-state index contributed by atoms with van der Waals surface area (Å²) in [5.74, 6) is 0.487. The van der Waals surface area contributed by atoms with E-state index in [1.54, 1.807) is 0 Å². The largest absolute Gasteiger partial charge is 0.390 e. The van der Waals surface area contributed by atoms with Crippen molar-refractivity contribution in [3.05, 3.63) is 0 Å². The van der Waals surface area contributed by atoms with Crippen molar-refractivity contribution in [2.24, 2.45) is 5.92 Å². The third-order valence-electron chi connectivity index (χ3n) is 2.71. The molecule has 1 heterocycles. The van der Waals surface area contributed by atoms with Gasteiger partial charge >= 0.3 is 0 Å². The first-order valence-electron chi connectivity index (χ1n) is 4.55. The molecule has 2 nitrogen and oxygen atoms in total. The zero-order valence-electron chi connectivity index (χ0n) is 8.21. The Kier molecular flexibility index (Phi) is 3.44. The van der Waals surface area contributed by atoms with Crippen LogP contribution in [0.25, 0.3) is 0 Å². The lowest BCUT2D eigenvalue weighted by Crippen LogP contribution is -2.39. The number of rotatable bonds is 2. The lowest BCUT2D eigenvalue weighted by atomic mass is 9.84. The highest BCUT2D eigenvalue weighted by Crippen LogP contribution is 2.29. The SMILES string of the molecule is CSN1CCC(C(C)(C)O)CC1. The van der Waals surface area contributed by atoms with E-state index in [2.05, 4.69) is 10.6 Å². The molecule has 0 spiro atoms. The first kappa shape index (κ1) is 10.4. The molecule has 0 unspecified atom stereocenters. The van der Waals surface area contributed by atoms with Crippen LogP contribution in [0.1, 0.15) is 26.7 Å². The van der Waals surface area contributed by atoms with Crippen LogP contribution in [0.4, 0.5) is 0 Å². The molecule has 1 rings (SSSR count). The molecule has 12 heavy (non-hydrogen) atoms. The summed E-state index contributed by atoms with van der Waals surface area (Å²) in [5.41, 5.74) is -0.482. The van der Waals surface area contributed by atoms with Gasteiger partial charge in [0, 0.05) is 13.1 Å². The predicted octanol–water partition coefficient (Wildman–Crippen LogP) is 1.75. The standard InChI is InChI=1S/C9H19NOS/c1-9(2,11)8-4-6-10(12-3)7-5-8/h8,11H,4-7H2,1-3H3. The van der Waals surface area contributed by atoms with Gasteiger partial charge in [0.25, 0.3) is 0 Å². The number of nitrogens with zero attached hydrogens (tertiary/aromatic N) is 1. The van der Waals surface area contributed by atoms with Gasteiger partial charge in [-0.1, -0.05) is 11.9 Å². The van der Waals surface area contributed by atoms with E-state index in [4.69, 9.17) is 0 Å². The maximum Gasteiger partial charge on any atom is 0.0620 e. The molecule has 0 aromatic heterocycles. The van der Waals surface area contributed by atoms with Crippen molar-refractivity contribution in [3.63, 3.8) is 0 Å². The Morgan fingerprint density at radius 2 is 1.83 bits per heavy atom. The second kappa shape index (κ2) is 3.99. The lowest BCUT2D eigenvalue weighted by molar-refractivity contribution is -0.00281. The van der Waals surface area contributed by atoms with Gasteiger partial charge in [-0.15, -0.1) is 0 Å². The fourth-order valence-corrected chi connectivity index (χ4v) is 2.32. The van der Waals surface area contributed by atoms with Gasteiger partial charge in [-0.3, -0.25) is 4.31 Å². The summed E-state index contributed by atoms with van der Waals surface area (Å²) in [7, 11) is 0. The Labute approximate surface area is 79.5 Å². The quantitative estimate of drug-likeness (QED) is 0.669. The van der Waals surface area contributed by atoms with Gasteiger partial charge in [0.15, 0.2) is 0 Å². The number of hydrogen-bond acceptors (Lipinski definition) is 3. The number of hydrogen-bond donors (Lipinski definition) is 1. The van der Waals surface area contributed by atoms with E-state index in [1.807, 2.05) is 25.8 Å². The van der Waals surface area contributed by atoms with Crippen LogP contribution in [0, 0.1) is 5.92 Å². The van der Waals surface area contributed by atoms with Gasteiger partial charge in [-0.25, -0.2) is 0 Å². The Bertz CT molecular complexity index is 136. The zero-order chi connectivity index (χ0) is 9.19. The topological polar surface area (TPSA) is 23.5 Å². The van der Waals surface area contributed by atoms with E-state index in [1.165, 1.54) is 0 Å². The molecule has 0 radical (unpaired) electrons. The van der Waals surface area contributed by atoms with Gasteiger partial charge in [0.05, 0.1) is 5.60 Å². The Morgan fingerprint density at radius 1 is 1.33 bits per heavy atom. The third kappa shape index (κ3) is 2.64. The fraction of sp³-hybridized carbons (Fsp3) is 1.00. The minimum atomic E-state index is -0.482. The summed E-state index contributed by atoms with van der Waals surface area (Å²) in [6.45, 7) is 6.09. The van der Waals surface area contributed by atoms with E-state index in [-0.39, 0.29) is 0 Å². The Hall–Kier alpha value is 0.270. The van der Waals surface area contributed by atoms with Crippen LogP contribution in [0.3, 0.4) is 0 Å². The maximum atomic E-state index is 9.78. The van der Waals surface area contributed by atoms with Gasteiger partial charge in [-0.2, -0.15) is 0 Å². The summed E-state index contributed by atoms with van der Waals surface area (Å²) in [4.78, 5) is 0. The first-order valence-corrected chi connectivity index (χ1v) is 5.73. The highest BCUT2D eigenvalue weighted by molar-refractivity contribution is 7.96. The average Bonchev–Trinajstić information content (AvgIpc) is 2.03. The van der Waals surface area contributed by atoms with Crippen LogP contribution >= 0.6 is 11.9 Å². The minimum absolute atomic E-state index is 0.482. The van der Waals surface area contributed by atoms with Crippen molar-refractivity contribution in [3.8, 4) is 0 Å². The van der Waals surface area contributed by atoms with Crippen LogP contribution in [0.2, 0.25) is 0 Å². The van der Waals surface area contributed by atoms with E-state index >= 15 is 0 Å². The number of aliphatic hydroxyl groups is 1. The molecule has 1 N–H and O–H groups in total. The van der Waals surface area contributed by atoms with Crippen LogP contribution in [-0.4, -0.2) is 34.4 Å². The molecule has 3 heteroatoms. The van der Waals surface area contributed by atoms with Crippen LogP contribution in [0.15, 0.2) is 0 Å². The molecule has 0 aliphatic carbocycles. The second-order valence-electron chi connectivity index (χ2n) is 4.04. The van der Waals surface area contributed by atoms with Crippen LogP contribution in [0.5, 0.6) is 0 Å². The molecule has 1 aliphatic heterocycles. The minimum Gasteiger partial charge on any atom is -0.390 e. The van der Waals surface area contributed by atoms with Gasteiger partial charge in [0.1, 0.15) is 0 Å². The first-order chi connectivity index (χ1) is 5.54. The van der Waals surface area contributed by atoms with Crippen molar-refractivity contribution < 1.29 is 5.11 Å². The molecule has 1 saturated heterocycles. The smallest absolute Gasteiger partial charge is 0.0620 e. The molecular weight excluding hydrogens is 170 g/mol. The van der Waals surface area contributed by atoms with Crippen LogP contribution in [-0.2, 0) is 0 Å². The maximum absolute atomic E-state index is 9.78. The summed E-state index contributed by atoms with van der Waals surface area (Å²) in [6.07, 6.45) is 4.37. The van der Waals surface area contributed by atoms with E-state index in [0.29, 0.717) is 5.92 Å². The molecule has 1 fully saturated rings. The third-order valence-corrected chi connectivity index (χ3v) is 3.59. The van der Waals surface area contributed by atoms with E-state index < -0.39 is 5.60 Å². The van der Waals surface area contributed by atoms with Gasteiger partial charge in [-0.05, 0) is 38.9 Å². The summed E-state index contributed by atoms with van der Waals surface area (Å²) in [5, 5.41) is 9.78. The normalized spacial score (nSPS) is 23.0. The zero-order valence-corrected chi connectivity index (χ0v) is 9.02. The van der Waals surface area contributed by atoms with Crippen molar-refractivity contribution in [1.82, 2.24) is 4.31 Å². The molecular formula is C9H19NOS. The highest BCUT2D eigenvalue weighted by atomic mass is 32.2. The molecule has 0 saturated carbocycles.